The Labute approximate surface area is 131 Å². The molecule has 1 aliphatic rings. The first-order chi connectivity index (χ1) is 10.6. The standard InChI is InChI=1S/C14H15FN4O2S/c1-3-21-13(20)12-11(9-4-6-10(15)7-5-9)18-19-8(2)16-17-14(19)22-12/h4-7,11-12,18H,3H2,1-2H3. The van der Waals surface area contributed by atoms with E-state index in [0.717, 1.165) is 5.56 Å². The van der Waals surface area contributed by atoms with E-state index in [2.05, 4.69) is 15.6 Å². The van der Waals surface area contributed by atoms with Gasteiger partial charge < -0.3 is 10.2 Å². The van der Waals surface area contributed by atoms with Crippen LogP contribution in [0.25, 0.3) is 0 Å². The molecule has 0 saturated heterocycles. The summed E-state index contributed by atoms with van der Waals surface area (Å²) >= 11 is 1.29. The Hall–Kier alpha value is -2.09. The third kappa shape index (κ3) is 2.66. The summed E-state index contributed by atoms with van der Waals surface area (Å²) in [7, 11) is 0. The van der Waals surface area contributed by atoms with Gasteiger partial charge in [-0.05, 0) is 31.5 Å². The molecule has 116 valence electrons. The van der Waals surface area contributed by atoms with Crippen LogP contribution in [0.4, 0.5) is 4.39 Å². The number of thioether (sulfide) groups is 1. The molecule has 6 nitrogen and oxygen atoms in total. The molecule has 3 rings (SSSR count). The number of halogens is 1. The summed E-state index contributed by atoms with van der Waals surface area (Å²) in [5.41, 5.74) is 4.01. The number of aryl methyl sites for hydroxylation is 1. The minimum Gasteiger partial charge on any atom is -0.465 e. The number of rotatable bonds is 3. The molecule has 2 unspecified atom stereocenters. The van der Waals surface area contributed by atoms with Crippen molar-refractivity contribution in [3.63, 3.8) is 0 Å². The fraction of sp³-hybridized carbons (Fsp3) is 0.357. The molecule has 8 heteroatoms. The summed E-state index contributed by atoms with van der Waals surface area (Å²) in [6.45, 7) is 3.88. The van der Waals surface area contributed by atoms with Crippen LogP contribution in [0.1, 0.15) is 24.4 Å². The summed E-state index contributed by atoms with van der Waals surface area (Å²) in [6, 6.07) is 5.71. The minimum atomic E-state index is -0.512. The van der Waals surface area contributed by atoms with Crippen molar-refractivity contribution in [3.05, 3.63) is 41.5 Å². The number of benzene rings is 1. The summed E-state index contributed by atoms with van der Waals surface area (Å²) in [4.78, 5) is 12.3. The number of carbonyl (C=O) groups excluding carboxylic acids is 1. The average molecular weight is 322 g/mol. The number of ether oxygens (including phenoxy) is 1. The maximum absolute atomic E-state index is 13.1. The average Bonchev–Trinajstić information content (AvgIpc) is 2.88. The molecular formula is C14H15FN4O2S. The number of esters is 1. The lowest BCUT2D eigenvalue weighted by Crippen LogP contribution is -2.39. The molecule has 0 bridgehead atoms. The monoisotopic (exact) mass is 322 g/mol. The van der Waals surface area contributed by atoms with E-state index >= 15 is 0 Å². The predicted octanol–water partition coefficient (Wildman–Crippen LogP) is 2.05. The number of aromatic nitrogens is 3. The van der Waals surface area contributed by atoms with E-state index in [-0.39, 0.29) is 17.8 Å². The molecule has 0 radical (unpaired) electrons. The number of carbonyl (C=O) groups is 1. The third-order valence-corrected chi connectivity index (χ3v) is 4.54. The van der Waals surface area contributed by atoms with Crippen LogP contribution in [0, 0.1) is 12.7 Å². The lowest BCUT2D eigenvalue weighted by Gasteiger charge is -2.32. The van der Waals surface area contributed by atoms with Crippen LogP contribution >= 0.6 is 11.8 Å². The molecule has 2 atom stereocenters. The second-order valence-corrected chi connectivity index (χ2v) is 5.92. The van der Waals surface area contributed by atoms with Gasteiger partial charge in [-0.25, -0.2) is 9.07 Å². The summed E-state index contributed by atoms with van der Waals surface area (Å²) in [5, 5.41) is 8.13. The highest BCUT2D eigenvalue weighted by Crippen LogP contribution is 2.37. The van der Waals surface area contributed by atoms with E-state index < -0.39 is 5.25 Å². The fourth-order valence-electron chi connectivity index (χ4n) is 2.28. The molecule has 2 aromatic rings. The van der Waals surface area contributed by atoms with E-state index in [1.807, 2.05) is 6.92 Å². The Balaban J connectivity index is 1.97. The fourth-order valence-corrected chi connectivity index (χ4v) is 3.41. The minimum absolute atomic E-state index is 0.303. The van der Waals surface area contributed by atoms with E-state index in [4.69, 9.17) is 4.74 Å². The quantitative estimate of drug-likeness (QED) is 0.872. The molecule has 1 aromatic carbocycles. The molecule has 0 saturated carbocycles. The zero-order valence-corrected chi connectivity index (χ0v) is 12.9. The van der Waals surface area contributed by atoms with Gasteiger partial charge in [0.1, 0.15) is 16.9 Å². The van der Waals surface area contributed by atoms with Crippen LogP contribution in [-0.4, -0.2) is 32.7 Å². The highest BCUT2D eigenvalue weighted by Gasteiger charge is 2.38. The molecule has 0 fully saturated rings. The van der Waals surface area contributed by atoms with Gasteiger partial charge in [0.05, 0.1) is 12.6 Å². The van der Waals surface area contributed by atoms with Gasteiger partial charge in [-0.3, -0.25) is 4.79 Å². The maximum atomic E-state index is 13.1. The molecular weight excluding hydrogens is 307 g/mol. The predicted molar refractivity (Wildman–Crippen MR) is 79.5 cm³/mol. The molecule has 0 amide bonds. The van der Waals surface area contributed by atoms with Crippen LogP contribution in [-0.2, 0) is 9.53 Å². The Bertz CT molecular complexity index is 689. The number of nitrogens with zero attached hydrogens (tertiary/aromatic N) is 3. The van der Waals surface area contributed by atoms with Gasteiger partial charge in [0.15, 0.2) is 0 Å². The highest BCUT2D eigenvalue weighted by atomic mass is 32.2. The van der Waals surface area contributed by atoms with Gasteiger partial charge in [0, 0.05) is 0 Å². The zero-order chi connectivity index (χ0) is 15.7. The van der Waals surface area contributed by atoms with Gasteiger partial charge in [-0.1, -0.05) is 23.9 Å². The molecule has 2 heterocycles. The topological polar surface area (TPSA) is 69.0 Å². The number of hydrogen-bond acceptors (Lipinski definition) is 6. The van der Waals surface area contributed by atoms with E-state index in [1.54, 1.807) is 23.7 Å². The normalized spacial score (nSPS) is 20.1. The van der Waals surface area contributed by atoms with Crippen LogP contribution < -0.4 is 5.43 Å². The second kappa shape index (κ2) is 5.96. The Morgan fingerprint density at radius 2 is 2.14 bits per heavy atom. The SMILES string of the molecule is CCOC(=O)C1Sc2nnc(C)n2NC1c1ccc(F)cc1. The van der Waals surface area contributed by atoms with E-state index in [9.17, 15) is 9.18 Å². The zero-order valence-electron chi connectivity index (χ0n) is 12.1. The maximum Gasteiger partial charge on any atom is 0.322 e. The number of fused-ring (bicyclic) bond motifs is 1. The molecule has 1 N–H and O–H groups in total. The second-order valence-electron chi connectivity index (χ2n) is 4.81. The summed E-state index contributed by atoms with van der Waals surface area (Å²) < 4.78 is 20.0. The van der Waals surface area contributed by atoms with Gasteiger partial charge in [0.2, 0.25) is 5.16 Å². The molecule has 22 heavy (non-hydrogen) atoms. The lowest BCUT2D eigenvalue weighted by atomic mass is 10.0. The molecule has 1 aromatic heterocycles. The molecule has 0 aliphatic carbocycles. The van der Waals surface area contributed by atoms with Crippen molar-refractivity contribution in [1.29, 1.82) is 0 Å². The largest absolute Gasteiger partial charge is 0.465 e. The van der Waals surface area contributed by atoms with Crippen molar-refractivity contribution in [2.75, 3.05) is 12.0 Å². The molecule has 1 aliphatic heterocycles. The van der Waals surface area contributed by atoms with Crippen molar-refractivity contribution in [2.45, 2.75) is 30.3 Å². The summed E-state index contributed by atoms with van der Waals surface area (Å²) in [6.07, 6.45) is 0. The van der Waals surface area contributed by atoms with Crippen molar-refractivity contribution in [2.24, 2.45) is 0 Å². The number of hydrogen-bond donors (Lipinski definition) is 1. The van der Waals surface area contributed by atoms with Crippen molar-refractivity contribution >= 4 is 17.7 Å². The van der Waals surface area contributed by atoms with Gasteiger partial charge >= 0.3 is 5.97 Å². The van der Waals surface area contributed by atoms with Crippen LogP contribution in [0.5, 0.6) is 0 Å². The smallest absolute Gasteiger partial charge is 0.322 e. The number of nitrogens with one attached hydrogen (secondary N) is 1. The summed E-state index contributed by atoms with van der Waals surface area (Å²) in [5.74, 6) is 0.0409. The van der Waals surface area contributed by atoms with Crippen LogP contribution in [0.15, 0.2) is 29.4 Å². The first kappa shape index (κ1) is 14.8. The van der Waals surface area contributed by atoms with E-state index in [0.29, 0.717) is 17.6 Å². The first-order valence-electron chi connectivity index (χ1n) is 6.87. The van der Waals surface area contributed by atoms with Gasteiger partial charge in [-0.15, -0.1) is 10.2 Å². The highest BCUT2D eigenvalue weighted by molar-refractivity contribution is 8.00. The van der Waals surface area contributed by atoms with E-state index in [1.165, 1.54) is 23.9 Å². The van der Waals surface area contributed by atoms with Gasteiger partial charge in [-0.2, -0.15) is 0 Å². The van der Waals surface area contributed by atoms with Crippen molar-refractivity contribution < 1.29 is 13.9 Å². The Morgan fingerprint density at radius 3 is 2.82 bits per heavy atom. The lowest BCUT2D eigenvalue weighted by molar-refractivity contribution is -0.142. The molecule has 0 spiro atoms. The Kier molecular flexibility index (Phi) is 4.02. The first-order valence-corrected chi connectivity index (χ1v) is 7.75. The van der Waals surface area contributed by atoms with Crippen molar-refractivity contribution in [3.8, 4) is 0 Å². The Morgan fingerprint density at radius 1 is 1.41 bits per heavy atom. The van der Waals surface area contributed by atoms with Crippen molar-refractivity contribution in [1.82, 2.24) is 14.9 Å². The van der Waals surface area contributed by atoms with Crippen LogP contribution in [0.2, 0.25) is 0 Å². The van der Waals surface area contributed by atoms with Crippen LogP contribution in [0.3, 0.4) is 0 Å². The van der Waals surface area contributed by atoms with Gasteiger partial charge in [0.25, 0.3) is 0 Å². The third-order valence-electron chi connectivity index (χ3n) is 3.35.